The Morgan fingerprint density at radius 1 is 1.58 bits per heavy atom. The Morgan fingerprint density at radius 2 is 2.37 bits per heavy atom. The molecule has 7 nitrogen and oxygen atoms in total. The maximum Gasteiger partial charge on any atom is 0.354 e. The van der Waals surface area contributed by atoms with Crippen molar-refractivity contribution in [1.29, 1.82) is 0 Å². The lowest BCUT2D eigenvalue weighted by Gasteiger charge is -2.04. The molecule has 0 aromatic carbocycles. The molecule has 2 rings (SSSR count). The molecule has 0 aliphatic carbocycles. The molecule has 0 radical (unpaired) electrons. The van der Waals surface area contributed by atoms with Crippen LogP contribution in [0.25, 0.3) is 0 Å². The van der Waals surface area contributed by atoms with Gasteiger partial charge in [0.05, 0.1) is 0 Å². The van der Waals surface area contributed by atoms with Gasteiger partial charge >= 0.3 is 11.7 Å². The summed E-state index contributed by atoms with van der Waals surface area (Å²) in [6, 6.07) is 3.38. The third-order valence-electron chi connectivity index (χ3n) is 2.49. The highest BCUT2D eigenvalue weighted by molar-refractivity contribution is 7.98. The molecular weight excluding hydrogens is 268 g/mol. The van der Waals surface area contributed by atoms with Gasteiger partial charge in [-0.1, -0.05) is 17.8 Å². The van der Waals surface area contributed by atoms with Crippen molar-refractivity contribution in [2.24, 2.45) is 0 Å². The van der Waals surface area contributed by atoms with Crippen LogP contribution in [0.2, 0.25) is 0 Å². The number of aromatic carboxylic acids is 1. The van der Waals surface area contributed by atoms with E-state index >= 15 is 0 Å². The average Bonchev–Trinajstić information content (AvgIpc) is 2.77. The maximum absolute atomic E-state index is 11.4. The second-order valence-electron chi connectivity index (χ2n) is 3.66. The Balaban J connectivity index is 2.19. The number of aromatic amines is 1. The van der Waals surface area contributed by atoms with E-state index < -0.39 is 5.97 Å². The number of hydrogen-bond acceptors (Lipinski definition) is 5. The van der Waals surface area contributed by atoms with Crippen molar-refractivity contribution >= 4 is 17.7 Å². The van der Waals surface area contributed by atoms with Crippen molar-refractivity contribution in [3.8, 4) is 0 Å². The molecule has 0 atom stereocenters. The summed E-state index contributed by atoms with van der Waals surface area (Å²) in [6.07, 6.45) is 1.44. The number of carboxylic acids is 1. The maximum atomic E-state index is 11.4. The third kappa shape index (κ3) is 2.84. The number of pyridine rings is 1. The standard InChI is InChI=1S/C11H12N4O3S/c1-2-15-10(18)13-14-11(15)19-6-7-4-3-5-12-8(7)9(16)17/h3-5H,2,6H2,1H3,(H,13,18)(H,16,17). The largest absolute Gasteiger partial charge is 0.477 e. The first-order valence-electron chi connectivity index (χ1n) is 5.58. The average molecular weight is 280 g/mol. The summed E-state index contributed by atoms with van der Waals surface area (Å²) in [7, 11) is 0. The van der Waals surface area contributed by atoms with Gasteiger partial charge in [0.2, 0.25) is 0 Å². The van der Waals surface area contributed by atoms with Gasteiger partial charge in [-0.15, -0.1) is 5.10 Å². The van der Waals surface area contributed by atoms with Gasteiger partial charge in [0, 0.05) is 18.5 Å². The Morgan fingerprint density at radius 3 is 3.05 bits per heavy atom. The number of carbonyl (C=O) groups is 1. The molecular formula is C11H12N4O3S. The predicted octanol–water partition coefficient (Wildman–Crippen LogP) is 0.977. The Hall–Kier alpha value is -2.09. The Kier molecular flexibility index (Phi) is 4.00. The van der Waals surface area contributed by atoms with Gasteiger partial charge < -0.3 is 5.11 Å². The zero-order valence-corrected chi connectivity index (χ0v) is 11.0. The lowest BCUT2D eigenvalue weighted by Crippen LogP contribution is -2.16. The van der Waals surface area contributed by atoms with E-state index in [0.29, 0.717) is 23.0 Å². The minimum atomic E-state index is -1.06. The van der Waals surface area contributed by atoms with Crippen LogP contribution in [0.3, 0.4) is 0 Å². The fourth-order valence-corrected chi connectivity index (χ4v) is 2.58. The van der Waals surface area contributed by atoms with E-state index in [1.807, 2.05) is 6.92 Å². The first-order chi connectivity index (χ1) is 9.13. The summed E-state index contributed by atoms with van der Waals surface area (Å²) in [5.74, 6) is -0.675. The molecule has 2 aromatic rings. The number of carboxylic acid groups (broad SMARTS) is 1. The smallest absolute Gasteiger partial charge is 0.354 e. The molecule has 0 aliphatic heterocycles. The number of H-pyrrole nitrogens is 1. The number of rotatable bonds is 5. The van der Waals surface area contributed by atoms with Crippen LogP contribution in [0.4, 0.5) is 0 Å². The SMILES string of the molecule is CCn1c(SCc2cccnc2C(=O)O)n[nH]c1=O. The summed E-state index contributed by atoms with van der Waals surface area (Å²) in [5, 5.41) is 15.8. The first-order valence-corrected chi connectivity index (χ1v) is 6.57. The molecule has 0 saturated heterocycles. The highest BCUT2D eigenvalue weighted by Crippen LogP contribution is 2.21. The Bertz CT molecular complexity index is 649. The second-order valence-corrected chi connectivity index (χ2v) is 4.60. The summed E-state index contributed by atoms with van der Waals surface area (Å²) >= 11 is 1.29. The molecule has 0 unspecified atom stereocenters. The number of nitrogens with zero attached hydrogens (tertiary/aromatic N) is 3. The number of thioether (sulfide) groups is 1. The first kappa shape index (κ1) is 13.3. The Labute approximate surface area is 112 Å². The van der Waals surface area contributed by atoms with Crippen molar-refractivity contribution in [3.05, 3.63) is 40.1 Å². The van der Waals surface area contributed by atoms with Crippen molar-refractivity contribution < 1.29 is 9.90 Å². The minimum Gasteiger partial charge on any atom is -0.477 e. The van der Waals surface area contributed by atoms with Crippen LogP contribution in [0.1, 0.15) is 23.0 Å². The highest BCUT2D eigenvalue weighted by atomic mass is 32.2. The van der Waals surface area contributed by atoms with Crippen LogP contribution in [-0.4, -0.2) is 30.8 Å². The molecule has 0 fully saturated rings. The lowest BCUT2D eigenvalue weighted by atomic mass is 10.2. The van der Waals surface area contributed by atoms with Gasteiger partial charge in [-0.2, -0.15) is 0 Å². The number of nitrogens with one attached hydrogen (secondary N) is 1. The van der Waals surface area contributed by atoms with Crippen molar-refractivity contribution in [3.63, 3.8) is 0 Å². The van der Waals surface area contributed by atoms with Crippen molar-refractivity contribution in [2.45, 2.75) is 24.4 Å². The molecule has 8 heteroatoms. The van der Waals surface area contributed by atoms with Crippen LogP contribution in [0, 0.1) is 0 Å². The summed E-state index contributed by atoms with van der Waals surface area (Å²) in [4.78, 5) is 26.2. The molecule has 100 valence electrons. The van der Waals surface area contributed by atoms with E-state index in [9.17, 15) is 9.59 Å². The lowest BCUT2D eigenvalue weighted by molar-refractivity contribution is 0.0689. The topological polar surface area (TPSA) is 101 Å². The molecule has 0 saturated carbocycles. The molecule has 0 bridgehead atoms. The van der Waals surface area contributed by atoms with Gasteiger partial charge in [-0.3, -0.25) is 4.57 Å². The van der Waals surface area contributed by atoms with Gasteiger partial charge in [-0.25, -0.2) is 19.7 Å². The van der Waals surface area contributed by atoms with E-state index in [2.05, 4.69) is 15.2 Å². The van der Waals surface area contributed by atoms with Crippen LogP contribution in [-0.2, 0) is 12.3 Å². The zero-order chi connectivity index (χ0) is 13.8. The van der Waals surface area contributed by atoms with Crippen LogP contribution < -0.4 is 5.69 Å². The molecule has 2 N–H and O–H groups in total. The van der Waals surface area contributed by atoms with E-state index in [1.54, 1.807) is 12.1 Å². The minimum absolute atomic E-state index is 0.0240. The van der Waals surface area contributed by atoms with E-state index in [-0.39, 0.29) is 11.4 Å². The summed E-state index contributed by atoms with van der Waals surface area (Å²) < 4.78 is 1.49. The van der Waals surface area contributed by atoms with E-state index in [1.165, 1.54) is 22.5 Å². The highest BCUT2D eigenvalue weighted by Gasteiger charge is 2.13. The third-order valence-corrected chi connectivity index (χ3v) is 3.52. The zero-order valence-electron chi connectivity index (χ0n) is 10.2. The molecule has 0 aliphatic rings. The molecule has 19 heavy (non-hydrogen) atoms. The van der Waals surface area contributed by atoms with Gasteiger partial charge in [0.15, 0.2) is 10.9 Å². The molecule has 2 aromatic heterocycles. The molecule has 0 spiro atoms. The monoisotopic (exact) mass is 280 g/mol. The second kappa shape index (κ2) is 5.70. The van der Waals surface area contributed by atoms with Crippen molar-refractivity contribution in [1.82, 2.24) is 19.7 Å². The fraction of sp³-hybridized carbons (Fsp3) is 0.273. The van der Waals surface area contributed by atoms with Gasteiger partial charge in [-0.05, 0) is 18.6 Å². The molecule has 0 amide bonds. The van der Waals surface area contributed by atoms with E-state index in [4.69, 9.17) is 5.11 Å². The summed E-state index contributed by atoms with van der Waals surface area (Å²) in [5.41, 5.74) is 0.351. The fourth-order valence-electron chi connectivity index (χ4n) is 1.58. The summed E-state index contributed by atoms with van der Waals surface area (Å²) in [6.45, 7) is 2.35. The van der Waals surface area contributed by atoms with Crippen LogP contribution >= 0.6 is 11.8 Å². The van der Waals surface area contributed by atoms with Gasteiger partial charge in [0.1, 0.15) is 0 Å². The van der Waals surface area contributed by atoms with Crippen molar-refractivity contribution in [2.75, 3.05) is 0 Å². The van der Waals surface area contributed by atoms with Crippen LogP contribution in [0.5, 0.6) is 0 Å². The quantitative estimate of drug-likeness (QED) is 0.792. The van der Waals surface area contributed by atoms with E-state index in [0.717, 1.165) is 0 Å². The van der Waals surface area contributed by atoms with Gasteiger partial charge in [0.25, 0.3) is 0 Å². The van der Waals surface area contributed by atoms with Crippen LogP contribution in [0.15, 0.2) is 28.3 Å². The predicted molar refractivity (Wildman–Crippen MR) is 69.3 cm³/mol. The number of hydrogen-bond donors (Lipinski definition) is 2. The normalized spacial score (nSPS) is 10.6. The molecule has 2 heterocycles. The number of aromatic nitrogens is 4.